The van der Waals surface area contributed by atoms with E-state index in [0.717, 1.165) is 24.3 Å². The lowest BCUT2D eigenvalue weighted by molar-refractivity contribution is -0.135. The van der Waals surface area contributed by atoms with Crippen molar-refractivity contribution in [1.29, 1.82) is 0 Å². The Kier molecular flexibility index (Phi) is 6.10. The fourth-order valence-electron chi connectivity index (χ4n) is 4.35. The Morgan fingerprint density at radius 1 is 0.935 bits per heavy atom. The number of piperazine rings is 1. The molecule has 2 aliphatic rings. The molecule has 0 unspecified atom stereocenters. The van der Waals surface area contributed by atoms with Gasteiger partial charge in [0.2, 0.25) is 5.91 Å². The number of hydrogen-bond donors (Lipinski definition) is 0. The van der Waals surface area contributed by atoms with E-state index >= 15 is 0 Å². The average Bonchev–Trinajstić information content (AvgIpc) is 2.77. The van der Waals surface area contributed by atoms with Crippen molar-refractivity contribution in [2.45, 2.75) is 27.3 Å². The van der Waals surface area contributed by atoms with Crippen LogP contribution >= 0.6 is 11.6 Å². The highest BCUT2D eigenvalue weighted by atomic mass is 35.5. The number of carbonyl (C=O) groups is 2. The van der Waals surface area contributed by atoms with Crippen LogP contribution in [0.25, 0.3) is 0 Å². The summed E-state index contributed by atoms with van der Waals surface area (Å²) >= 11 is 6.21. The minimum atomic E-state index is -0.129. The van der Waals surface area contributed by atoms with Gasteiger partial charge in [-0.05, 0) is 42.3 Å². The van der Waals surface area contributed by atoms with E-state index in [1.807, 2.05) is 36.9 Å². The molecule has 0 atom stereocenters. The number of urea groups is 1. The van der Waals surface area contributed by atoms with Crippen molar-refractivity contribution >= 4 is 34.9 Å². The summed E-state index contributed by atoms with van der Waals surface area (Å²) in [5.41, 5.74) is 4.21. The second kappa shape index (κ2) is 8.79. The number of para-hydroxylation sites is 1. The van der Waals surface area contributed by atoms with Crippen LogP contribution in [0.15, 0.2) is 42.5 Å². The molecule has 6 nitrogen and oxygen atoms in total. The molecular formula is C24H29ClN4O2. The average molecular weight is 441 g/mol. The molecule has 1 fully saturated rings. The molecule has 2 heterocycles. The molecule has 2 aromatic carbocycles. The van der Waals surface area contributed by atoms with Crippen LogP contribution in [0.4, 0.5) is 16.2 Å². The van der Waals surface area contributed by atoms with E-state index in [1.54, 1.807) is 15.9 Å². The number of halogens is 1. The number of nitrogens with zero attached hydrogens (tertiary/aromatic N) is 4. The van der Waals surface area contributed by atoms with Gasteiger partial charge in [0, 0.05) is 49.4 Å². The molecule has 31 heavy (non-hydrogen) atoms. The maximum absolute atomic E-state index is 13.5. The van der Waals surface area contributed by atoms with E-state index in [-0.39, 0.29) is 24.5 Å². The molecule has 0 N–H and O–H groups in total. The predicted octanol–water partition coefficient (Wildman–Crippen LogP) is 4.35. The summed E-state index contributed by atoms with van der Waals surface area (Å²) in [6, 6.07) is 13.8. The van der Waals surface area contributed by atoms with Gasteiger partial charge in [0.25, 0.3) is 0 Å². The predicted molar refractivity (Wildman–Crippen MR) is 125 cm³/mol. The minimum absolute atomic E-state index is 0.0350. The molecule has 7 heteroatoms. The van der Waals surface area contributed by atoms with Gasteiger partial charge in [0.15, 0.2) is 0 Å². The van der Waals surface area contributed by atoms with Crippen molar-refractivity contribution in [1.82, 2.24) is 9.80 Å². The number of anilines is 2. The SMILES string of the molecule is Cc1ccccc1N1CCN(C(=O)N2CN(C(=O)C(C)C)Cc3cc(Cl)ccc32)CC1. The zero-order valence-electron chi connectivity index (χ0n) is 18.3. The molecule has 4 rings (SSSR count). The lowest BCUT2D eigenvalue weighted by Crippen LogP contribution is -2.57. The van der Waals surface area contributed by atoms with Gasteiger partial charge >= 0.3 is 6.03 Å². The van der Waals surface area contributed by atoms with Crippen LogP contribution < -0.4 is 9.80 Å². The largest absolute Gasteiger partial charge is 0.368 e. The van der Waals surface area contributed by atoms with Gasteiger partial charge in [-0.25, -0.2) is 4.79 Å². The van der Waals surface area contributed by atoms with Gasteiger partial charge in [-0.1, -0.05) is 43.6 Å². The number of rotatable bonds is 2. The van der Waals surface area contributed by atoms with Crippen molar-refractivity contribution < 1.29 is 9.59 Å². The van der Waals surface area contributed by atoms with Crippen molar-refractivity contribution in [3.8, 4) is 0 Å². The maximum Gasteiger partial charge on any atom is 0.326 e. The first kappa shape index (κ1) is 21.5. The van der Waals surface area contributed by atoms with E-state index in [0.29, 0.717) is 24.7 Å². The normalized spacial score (nSPS) is 16.5. The van der Waals surface area contributed by atoms with Gasteiger partial charge in [0.1, 0.15) is 6.67 Å². The zero-order valence-corrected chi connectivity index (χ0v) is 19.1. The molecule has 0 bridgehead atoms. The summed E-state index contributed by atoms with van der Waals surface area (Å²) in [6.07, 6.45) is 0. The highest BCUT2D eigenvalue weighted by Gasteiger charge is 2.34. The summed E-state index contributed by atoms with van der Waals surface area (Å²) in [4.78, 5) is 33.9. The molecular weight excluding hydrogens is 412 g/mol. The number of benzene rings is 2. The molecule has 0 spiro atoms. The standard InChI is InChI=1S/C24H29ClN4O2/c1-17(2)23(30)28-15-19-14-20(25)8-9-22(19)29(16-28)24(31)27-12-10-26(11-13-27)21-7-5-4-6-18(21)3/h4-9,14,17H,10-13,15-16H2,1-3H3. The van der Waals surface area contributed by atoms with Gasteiger partial charge in [0.05, 0.1) is 5.69 Å². The summed E-state index contributed by atoms with van der Waals surface area (Å²) < 4.78 is 0. The maximum atomic E-state index is 13.5. The van der Waals surface area contributed by atoms with E-state index in [1.165, 1.54) is 11.3 Å². The van der Waals surface area contributed by atoms with Gasteiger partial charge < -0.3 is 14.7 Å². The van der Waals surface area contributed by atoms with Crippen LogP contribution in [-0.4, -0.2) is 54.6 Å². The van der Waals surface area contributed by atoms with E-state index < -0.39 is 0 Å². The second-order valence-corrected chi connectivity index (χ2v) is 9.01. The quantitative estimate of drug-likeness (QED) is 0.697. The third kappa shape index (κ3) is 4.35. The Morgan fingerprint density at radius 3 is 2.32 bits per heavy atom. The smallest absolute Gasteiger partial charge is 0.326 e. The third-order valence-corrected chi connectivity index (χ3v) is 6.28. The van der Waals surface area contributed by atoms with Crippen molar-refractivity contribution in [2.24, 2.45) is 5.92 Å². The molecule has 3 amide bonds. The van der Waals surface area contributed by atoms with Crippen molar-refractivity contribution in [3.63, 3.8) is 0 Å². The number of hydrogen-bond acceptors (Lipinski definition) is 3. The Balaban J connectivity index is 1.52. The molecule has 2 aliphatic heterocycles. The summed E-state index contributed by atoms with van der Waals surface area (Å²) in [6.45, 7) is 9.47. The zero-order chi connectivity index (χ0) is 22.1. The molecule has 0 aliphatic carbocycles. The minimum Gasteiger partial charge on any atom is -0.368 e. The molecule has 164 valence electrons. The topological polar surface area (TPSA) is 47.1 Å². The fourth-order valence-corrected chi connectivity index (χ4v) is 4.55. The molecule has 1 saturated heterocycles. The van der Waals surface area contributed by atoms with Gasteiger partial charge in [-0.3, -0.25) is 9.69 Å². The number of carbonyl (C=O) groups excluding carboxylic acids is 2. The van der Waals surface area contributed by atoms with E-state index in [4.69, 9.17) is 11.6 Å². The van der Waals surface area contributed by atoms with Crippen LogP contribution in [0.5, 0.6) is 0 Å². The number of fused-ring (bicyclic) bond motifs is 1. The van der Waals surface area contributed by atoms with Crippen LogP contribution in [0.3, 0.4) is 0 Å². The Labute approximate surface area is 189 Å². The van der Waals surface area contributed by atoms with Gasteiger partial charge in [-0.2, -0.15) is 0 Å². The second-order valence-electron chi connectivity index (χ2n) is 8.58. The summed E-state index contributed by atoms with van der Waals surface area (Å²) in [7, 11) is 0. The van der Waals surface area contributed by atoms with E-state index in [9.17, 15) is 9.59 Å². The molecule has 2 aromatic rings. The van der Waals surface area contributed by atoms with Crippen molar-refractivity contribution in [3.05, 3.63) is 58.6 Å². The highest BCUT2D eigenvalue weighted by Crippen LogP contribution is 2.32. The van der Waals surface area contributed by atoms with Crippen LogP contribution in [0, 0.1) is 12.8 Å². The van der Waals surface area contributed by atoms with Crippen LogP contribution in [-0.2, 0) is 11.3 Å². The van der Waals surface area contributed by atoms with Crippen molar-refractivity contribution in [2.75, 3.05) is 42.6 Å². The summed E-state index contributed by atoms with van der Waals surface area (Å²) in [5, 5.41) is 0.608. The van der Waals surface area contributed by atoms with Gasteiger partial charge in [-0.15, -0.1) is 0 Å². The molecule has 0 radical (unpaired) electrons. The Bertz CT molecular complexity index is 985. The molecule has 0 aromatic heterocycles. The van der Waals surface area contributed by atoms with Crippen LogP contribution in [0.1, 0.15) is 25.0 Å². The fraction of sp³-hybridized carbons (Fsp3) is 0.417. The van der Waals surface area contributed by atoms with E-state index in [2.05, 4.69) is 30.0 Å². The third-order valence-electron chi connectivity index (χ3n) is 6.05. The lowest BCUT2D eigenvalue weighted by atomic mass is 10.1. The summed E-state index contributed by atoms with van der Waals surface area (Å²) in [5.74, 6) is -0.0943. The first-order valence-corrected chi connectivity index (χ1v) is 11.2. The first-order chi connectivity index (χ1) is 14.8. The van der Waals surface area contributed by atoms with Crippen LogP contribution in [0.2, 0.25) is 5.02 Å². The number of aryl methyl sites for hydroxylation is 1. The molecule has 0 saturated carbocycles. The highest BCUT2D eigenvalue weighted by molar-refractivity contribution is 6.30. The monoisotopic (exact) mass is 440 g/mol. The number of amides is 3. The Morgan fingerprint density at radius 2 is 1.65 bits per heavy atom. The lowest BCUT2D eigenvalue weighted by Gasteiger charge is -2.42. The Hall–Kier alpha value is -2.73. The first-order valence-electron chi connectivity index (χ1n) is 10.8.